The fourth-order valence-electron chi connectivity index (χ4n) is 2.92. The summed E-state index contributed by atoms with van der Waals surface area (Å²) in [6, 6.07) is 6.84. The number of nitrogens with two attached hydrogens (primary N) is 1. The highest BCUT2D eigenvalue weighted by molar-refractivity contribution is 5.88. The number of unbranched alkanes of at least 4 members (excludes halogenated alkanes) is 2. The molecular weight excluding hydrogens is 416 g/mol. The van der Waals surface area contributed by atoms with Crippen LogP contribution in [-0.2, 0) is 20.9 Å². The monoisotopic (exact) mass is 450 g/mol. The quantitative estimate of drug-likeness (QED) is 0.255. The van der Waals surface area contributed by atoms with Crippen molar-refractivity contribution in [1.82, 2.24) is 16.0 Å². The number of benzene rings is 1. The van der Waals surface area contributed by atoms with Crippen LogP contribution >= 0.6 is 0 Å². The molecule has 0 fully saturated rings. The van der Waals surface area contributed by atoms with Crippen LogP contribution in [0.15, 0.2) is 30.3 Å². The number of amides is 3. The lowest BCUT2D eigenvalue weighted by Crippen LogP contribution is -2.50. The number of alkyl carbamates (subject to hydrolysis) is 1. The first-order valence-electron chi connectivity index (χ1n) is 10.8. The van der Waals surface area contributed by atoms with E-state index in [0.29, 0.717) is 45.2 Å². The number of nitrogens with one attached hydrogen (secondary N) is 3. The largest absolute Gasteiger partial charge is 0.480 e. The third-order valence-electron chi connectivity index (χ3n) is 4.75. The highest BCUT2D eigenvalue weighted by Gasteiger charge is 2.22. The minimum Gasteiger partial charge on any atom is -0.480 e. The molecule has 2 atom stereocenters. The van der Waals surface area contributed by atoms with Gasteiger partial charge in [-0.2, -0.15) is 0 Å². The fourth-order valence-corrected chi connectivity index (χ4v) is 2.92. The summed E-state index contributed by atoms with van der Waals surface area (Å²) < 4.78 is 5.11. The second kappa shape index (κ2) is 15.6. The van der Waals surface area contributed by atoms with Crippen LogP contribution in [0.25, 0.3) is 0 Å². The van der Waals surface area contributed by atoms with Crippen molar-refractivity contribution in [1.29, 1.82) is 0 Å². The molecule has 0 radical (unpaired) electrons. The molecule has 0 unspecified atom stereocenters. The standard InChI is InChI=1S/C22H34N4O6/c1-16(27)18(25-21(30)26-19(20(28)29)12-5-7-13-23)11-6-8-14-24-22(31)32-15-17-9-3-2-4-10-17/h2-4,9-10,18-19H,5-8,11-15,23H2,1H3,(H,24,31)(H,28,29)(H2,25,26,30)/t18-,19+/m1/s1. The Bertz CT molecular complexity index is 728. The van der Waals surface area contributed by atoms with Gasteiger partial charge in [0.15, 0.2) is 5.78 Å². The van der Waals surface area contributed by atoms with Crippen LogP contribution in [0.3, 0.4) is 0 Å². The third-order valence-corrected chi connectivity index (χ3v) is 4.75. The number of carboxylic acid groups (broad SMARTS) is 1. The van der Waals surface area contributed by atoms with Gasteiger partial charge in [-0.1, -0.05) is 30.3 Å². The second-order valence-corrected chi connectivity index (χ2v) is 7.44. The van der Waals surface area contributed by atoms with Gasteiger partial charge in [0.2, 0.25) is 0 Å². The molecule has 1 aromatic carbocycles. The van der Waals surface area contributed by atoms with Crippen molar-refractivity contribution >= 4 is 23.9 Å². The van der Waals surface area contributed by atoms with Gasteiger partial charge < -0.3 is 31.5 Å². The number of aliphatic carboxylic acids is 1. The van der Waals surface area contributed by atoms with Crippen LogP contribution in [-0.4, -0.2) is 54.2 Å². The van der Waals surface area contributed by atoms with Gasteiger partial charge in [0.1, 0.15) is 12.6 Å². The number of hydrogen-bond acceptors (Lipinski definition) is 6. The Balaban J connectivity index is 2.29. The first-order valence-corrected chi connectivity index (χ1v) is 10.8. The molecule has 0 bridgehead atoms. The molecule has 0 saturated heterocycles. The van der Waals surface area contributed by atoms with E-state index in [1.807, 2.05) is 30.3 Å². The summed E-state index contributed by atoms with van der Waals surface area (Å²) in [6.07, 6.45) is 2.50. The van der Waals surface area contributed by atoms with E-state index in [1.54, 1.807) is 0 Å². The van der Waals surface area contributed by atoms with Gasteiger partial charge in [-0.05, 0) is 57.6 Å². The number of carbonyl (C=O) groups is 4. The Kier molecular flexibility index (Phi) is 13.1. The normalized spacial score (nSPS) is 12.3. The Hall–Kier alpha value is -3.14. The van der Waals surface area contributed by atoms with Crippen molar-refractivity contribution in [2.45, 2.75) is 64.1 Å². The molecule has 0 aliphatic carbocycles. The van der Waals surface area contributed by atoms with E-state index >= 15 is 0 Å². The van der Waals surface area contributed by atoms with Gasteiger partial charge in [0, 0.05) is 6.54 Å². The molecule has 0 aliphatic rings. The summed E-state index contributed by atoms with van der Waals surface area (Å²) in [6.45, 7) is 2.36. The average Bonchev–Trinajstić information content (AvgIpc) is 2.76. The fraction of sp³-hybridized carbons (Fsp3) is 0.545. The van der Waals surface area contributed by atoms with Gasteiger partial charge in [0.05, 0.1) is 6.04 Å². The van der Waals surface area contributed by atoms with Gasteiger partial charge in [-0.25, -0.2) is 14.4 Å². The number of ketones is 1. The summed E-state index contributed by atoms with van der Waals surface area (Å²) in [5.74, 6) is -1.37. The lowest BCUT2D eigenvalue weighted by Gasteiger charge is -2.19. The molecule has 6 N–H and O–H groups in total. The van der Waals surface area contributed by atoms with Crippen LogP contribution < -0.4 is 21.7 Å². The summed E-state index contributed by atoms with van der Waals surface area (Å²) in [4.78, 5) is 47.0. The van der Waals surface area contributed by atoms with E-state index < -0.39 is 30.2 Å². The van der Waals surface area contributed by atoms with E-state index in [4.69, 9.17) is 10.5 Å². The molecule has 0 saturated carbocycles. The SMILES string of the molecule is CC(=O)[C@@H](CCCCNC(=O)OCc1ccccc1)NC(=O)N[C@@H](CCCCN)C(=O)O. The maximum atomic E-state index is 12.1. The minimum atomic E-state index is -1.14. The smallest absolute Gasteiger partial charge is 0.407 e. The topological polar surface area (TPSA) is 160 Å². The molecule has 10 nitrogen and oxygen atoms in total. The number of hydrogen-bond donors (Lipinski definition) is 5. The third kappa shape index (κ3) is 11.9. The molecule has 1 rings (SSSR count). The van der Waals surface area contributed by atoms with Crippen molar-refractivity contribution in [3.63, 3.8) is 0 Å². The minimum absolute atomic E-state index is 0.182. The first-order chi connectivity index (χ1) is 15.3. The summed E-state index contributed by atoms with van der Waals surface area (Å²) in [5, 5.41) is 16.8. The molecule has 178 valence electrons. The predicted molar refractivity (Wildman–Crippen MR) is 119 cm³/mol. The molecule has 1 aromatic rings. The van der Waals surface area contributed by atoms with E-state index in [-0.39, 0.29) is 18.8 Å². The van der Waals surface area contributed by atoms with E-state index in [0.717, 1.165) is 5.56 Å². The lowest BCUT2D eigenvalue weighted by molar-refractivity contribution is -0.139. The van der Waals surface area contributed by atoms with Crippen molar-refractivity contribution in [3.05, 3.63) is 35.9 Å². The maximum absolute atomic E-state index is 12.1. The van der Waals surface area contributed by atoms with Crippen LogP contribution in [0.2, 0.25) is 0 Å². The maximum Gasteiger partial charge on any atom is 0.407 e. The molecule has 0 spiro atoms. The average molecular weight is 451 g/mol. The van der Waals surface area contributed by atoms with Gasteiger partial charge in [-0.3, -0.25) is 4.79 Å². The number of Topliss-reactive ketones (excluding diaryl/α,β-unsaturated/α-hetero) is 1. The van der Waals surface area contributed by atoms with Gasteiger partial charge in [-0.15, -0.1) is 0 Å². The number of rotatable bonds is 15. The number of urea groups is 1. The Labute approximate surface area is 188 Å². The second-order valence-electron chi connectivity index (χ2n) is 7.44. The zero-order chi connectivity index (χ0) is 23.8. The number of carbonyl (C=O) groups excluding carboxylic acids is 3. The molecule has 0 aliphatic heterocycles. The Morgan fingerprint density at radius 1 is 0.969 bits per heavy atom. The van der Waals surface area contributed by atoms with Crippen molar-refractivity contribution < 1.29 is 29.0 Å². The van der Waals surface area contributed by atoms with Crippen LogP contribution in [0.4, 0.5) is 9.59 Å². The van der Waals surface area contributed by atoms with E-state index in [2.05, 4.69) is 16.0 Å². The molecule has 0 heterocycles. The number of carboxylic acids is 1. The molecule has 3 amide bonds. The van der Waals surface area contributed by atoms with Crippen molar-refractivity contribution in [3.8, 4) is 0 Å². The Morgan fingerprint density at radius 3 is 2.22 bits per heavy atom. The first kappa shape index (κ1) is 26.9. The van der Waals surface area contributed by atoms with Crippen molar-refractivity contribution in [2.75, 3.05) is 13.1 Å². The predicted octanol–water partition coefficient (Wildman–Crippen LogP) is 1.92. The zero-order valence-corrected chi connectivity index (χ0v) is 18.5. The van der Waals surface area contributed by atoms with Crippen molar-refractivity contribution in [2.24, 2.45) is 5.73 Å². The summed E-state index contributed by atoms with van der Waals surface area (Å²) in [5.41, 5.74) is 6.29. The summed E-state index contributed by atoms with van der Waals surface area (Å²) in [7, 11) is 0. The zero-order valence-electron chi connectivity index (χ0n) is 18.5. The van der Waals surface area contributed by atoms with Crippen LogP contribution in [0.5, 0.6) is 0 Å². The number of ether oxygens (including phenoxy) is 1. The molecule has 32 heavy (non-hydrogen) atoms. The lowest BCUT2D eigenvalue weighted by atomic mass is 10.1. The van der Waals surface area contributed by atoms with Crippen LogP contribution in [0, 0.1) is 0 Å². The highest BCUT2D eigenvalue weighted by atomic mass is 16.5. The Morgan fingerprint density at radius 2 is 1.59 bits per heavy atom. The highest BCUT2D eigenvalue weighted by Crippen LogP contribution is 2.05. The molecular formula is C22H34N4O6. The van der Waals surface area contributed by atoms with Gasteiger partial charge in [0.25, 0.3) is 0 Å². The summed E-state index contributed by atoms with van der Waals surface area (Å²) >= 11 is 0. The molecule has 10 heteroatoms. The van der Waals surface area contributed by atoms with E-state index in [9.17, 15) is 24.3 Å². The van der Waals surface area contributed by atoms with Crippen LogP contribution in [0.1, 0.15) is 51.0 Å². The molecule has 0 aromatic heterocycles. The van der Waals surface area contributed by atoms with E-state index in [1.165, 1.54) is 6.92 Å². The van der Waals surface area contributed by atoms with Gasteiger partial charge >= 0.3 is 18.1 Å².